The molecule has 1 rings (SSSR count). The lowest BCUT2D eigenvalue weighted by Gasteiger charge is -2.48. The molecular formula is C12H24FN3O. The van der Waals surface area contributed by atoms with Gasteiger partial charge in [0.2, 0.25) is 5.91 Å². The highest BCUT2D eigenvalue weighted by Gasteiger charge is 2.46. The smallest absolute Gasteiger partial charge is 0.237 e. The Kier molecular flexibility index (Phi) is 4.15. The molecule has 4 nitrogen and oxygen atoms in total. The maximum atomic E-state index is 14.3. The molecule has 0 aromatic rings. The second kappa shape index (κ2) is 4.90. The summed E-state index contributed by atoms with van der Waals surface area (Å²) in [5.74, 6) is -0.423. The van der Waals surface area contributed by atoms with Crippen LogP contribution in [0.15, 0.2) is 0 Å². The number of likely N-dealkylation sites (N-methyl/N-ethyl adjacent to an activating group) is 1. The van der Waals surface area contributed by atoms with Crippen LogP contribution in [0.4, 0.5) is 4.39 Å². The van der Waals surface area contributed by atoms with Gasteiger partial charge in [-0.25, -0.2) is 4.39 Å². The second-order valence-electron chi connectivity index (χ2n) is 5.64. The van der Waals surface area contributed by atoms with Crippen molar-refractivity contribution in [2.75, 3.05) is 33.2 Å². The fraction of sp³-hybridized carbons (Fsp3) is 0.917. The van der Waals surface area contributed by atoms with Crippen molar-refractivity contribution in [2.24, 2.45) is 5.73 Å². The normalized spacial score (nSPS) is 20.4. The van der Waals surface area contributed by atoms with Gasteiger partial charge in [-0.05, 0) is 33.9 Å². The summed E-state index contributed by atoms with van der Waals surface area (Å²) < 4.78 is 14.3. The van der Waals surface area contributed by atoms with E-state index in [-0.39, 0.29) is 6.54 Å². The van der Waals surface area contributed by atoms with Crippen molar-refractivity contribution < 1.29 is 9.18 Å². The third kappa shape index (κ3) is 3.16. The number of amides is 1. The van der Waals surface area contributed by atoms with E-state index in [1.807, 2.05) is 0 Å². The van der Waals surface area contributed by atoms with Gasteiger partial charge in [0.25, 0.3) is 0 Å². The summed E-state index contributed by atoms with van der Waals surface area (Å²) in [6.45, 7) is 7.64. The van der Waals surface area contributed by atoms with E-state index in [9.17, 15) is 9.18 Å². The highest BCUT2D eigenvalue weighted by Crippen LogP contribution is 2.28. The summed E-state index contributed by atoms with van der Waals surface area (Å²) >= 11 is 0. The van der Waals surface area contributed by atoms with E-state index in [1.165, 1.54) is 0 Å². The topological polar surface area (TPSA) is 49.6 Å². The summed E-state index contributed by atoms with van der Waals surface area (Å²) in [4.78, 5) is 15.1. The summed E-state index contributed by atoms with van der Waals surface area (Å²) in [5.41, 5.74) is 3.31. The zero-order chi connectivity index (χ0) is 13.3. The van der Waals surface area contributed by atoms with Crippen LogP contribution in [0, 0.1) is 0 Å². The lowest BCUT2D eigenvalue weighted by molar-refractivity contribution is -0.130. The number of nitrogens with zero attached hydrogens (tertiary/aromatic N) is 2. The van der Waals surface area contributed by atoms with Gasteiger partial charge in [0.15, 0.2) is 0 Å². The van der Waals surface area contributed by atoms with Crippen molar-refractivity contribution in [2.45, 2.75) is 38.4 Å². The number of halogens is 1. The molecule has 100 valence electrons. The number of rotatable bonds is 6. The fourth-order valence-electron chi connectivity index (χ4n) is 2.14. The minimum Gasteiger partial charge on any atom is -0.368 e. The Labute approximate surface area is 103 Å². The highest BCUT2D eigenvalue weighted by molar-refractivity contribution is 5.83. The zero-order valence-corrected chi connectivity index (χ0v) is 11.3. The number of carbonyl (C=O) groups excluding carboxylic acids is 1. The molecule has 1 fully saturated rings. The maximum Gasteiger partial charge on any atom is 0.237 e. The average Bonchev–Trinajstić information content (AvgIpc) is 2.15. The molecule has 0 radical (unpaired) electrons. The molecule has 0 spiro atoms. The lowest BCUT2D eigenvalue weighted by Crippen LogP contribution is -2.66. The van der Waals surface area contributed by atoms with Crippen LogP contribution in [0.5, 0.6) is 0 Å². The summed E-state index contributed by atoms with van der Waals surface area (Å²) in [5, 5.41) is 0. The minimum absolute atomic E-state index is 0.253. The van der Waals surface area contributed by atoms with E-state index in [2.05, 4.69) is 11.8 Å². The van der Waals surface area contributed by atoms with Gasteiger partial charge in [0, 0.05) is 19.6 Å². The first-order valence-corrected chi connectivity index (χ1v) is 6.14. The van der Waals surface area contributed by atoms with Gasteiger partial charge in [-0.1, -0.05) is 6.92 Å². The van der Waals surface area contributed by atoms with Gasteiger partial charge in [0.1, 0.15) is 5.67 Å². The SMILES string of the molecule is CCCN1CC(F)(CN(C)C(C)(C)C(N)=O)C1. The molecule has 0 bridgehead atoms. The predicted molar refractivity (Wildman–Crippen MR) is 66.5 cm³/mol. The van der Waals surface area contributed by atoms with Crippen LogP contribution in [0.1, 0.15) is 27.2 Å². The molecule has 0 aromatic heterocycles. The van der Waals surface area contributed by atoms with Crippen LogP contribution >= 0.6 is 0 Å². The first-order chi connectivity index (χ1) is 7.71. The van der Waals surface area contributed by atoms with Gasteiger partial charge in [-0.15, -0.1) is 0 Å². The van der Waals surface area contributed by atoms with E-state index in [1.54, 1.807) is 25.8 Å². The van der Waals surface area contributed by atoms with E-state index >= 15 is 0 Å². The van der Waals surface area contributed by atoms with Crippen LogP contribution < -0.4 is 5.73 Å². The molecule has 5 heteroatoms. The largest absolute Gasteiger partial charge is 0.368 e. The van der Waals surface area contributed by atoms with E-state index in [0.717, 1.165) is 13.0 Å². The van der Waals surface area contributed by atoms with Crippen molar-refractivity contribution >= 4 is 5.91 Å². The molecule has 0 atom stereocenters. The number of hydrogen-bond donors (Lipinski definition) is 1. The lowest BCUT2D eigenvalue weighted by atomic mass is 9.92. The number of primary amides is 1. The molecule has 1 saturated heterocycles. The van der Waals surface area contributed by atoms with E-state index in [4.69, 9.17) is 5.73 Å². The number of nitrogens with two attached hydrogens (primary N) is 1. The van der Waals surface area contributed by atoms with Crippen LogP contribution in [0.2, 0.25) is 0 Å². The van der Waals surface area contributed by atoms with Crippen molar-refractivity contribution in [3.63, 3.8) is 0 Å². The van der Waals surface area contributed by atoms with Gasteiger partial charge in [-0.3, -0.25) is 14.6 Å². The summed E-state index contributed by atoms with van der Waals surface area (Å²) in [6, 6.07) is 0. The maximum absolute atomic E-state index is 14.3. The molecule has 2 N–H and O–H groups in total. The third-order valence-corrected chi connectivity index (χ3v) is 3.63. The van der Waals surface area contributed by atoms with Gasteiger partial charge >= 0.3 is 0 Å². The molecule has 0 unspecified atom stereocenters. The Morgan fingerprint density at radius 2 is 2.06 bits per heavy atom. The van der Waals surface area contributed by atoms with Gasteiger partial charge in [-0.2, -0.15) is 0 Å². The van der Waals surface area contributed by atoms with Crippen molar-refractivity contribution in [3.05, 3.63) is 0 Å². The van der Waals surface area contributed by atoms with Crippen LogP contribution in [0.25, 0.3) is 0 Å². The summed E-state index contributed by atoms with van der Waals surface area (Å²) in [6.07, 6.45) is 1.04. The van der Waals surface area contributed by atoms with Crippen LogP contribution in [-0.4, -0.2) is 60.1 Å². The fourth-order valence-corrected chi connectivity index (χ4v) is 2.14. The van der Waals surface area contributed by atoms with Crippen LogP contribution in [-0.2, 0) is 4.79 Å². The molecule has 1 heterocycles. The zero-order valence-electron chi connectivity index (χ0n) is 11.3. The Hall–Kier alpha value is -0.680. The average molecular weight is 245 g/mol. The first kappa shape index (κ1) is 14.4. The molecule has 17 heavy (non-hydrogen) atoms. The Bertz CT molecular complexity index is 287. The highest BCUT2D eigenvalue weighted by atomic mass is 19.1. The third-order valence-electron chi connectivity index (χ3n) is 3.63. The number of likely N-dealkylation sites (tertiary alicyclic amines) is 1. The summed E-state index contributed by atoms with van der Waals surface area (Å²) in [7, 11) is 1.74. The van der Waals surface area contributed by atoms with Gasteiger partial charge in [0.05, 0.1) is 5.54 Å². The molecule has 1 aliphatic heterocycles. The van der Waals surface area contributed by atoms with Gasteiger partial charge < -0.3 is 5.73 Å². The minimum atomic E-state index is -1.20. The Balaban J connectivity index is 2.48. The molecule has 1 aliphatic rings. The van der Waals surface area contributed by atoms with Crippen LogP contribution in [0.3, 0.4) is 0 Å². The number of carbonyl (C=O) groups is 1. The molecule has 0 aromatic carbocycles. The van der Waals surface area contributed by atoms with Crippen molar-refractivity contribution in [1.82, 2.24) is 9.80 Å². The number of hydrogen-bond acceptors (Lipinski definition) is 3. The monoisotopic (exact) mass is 245 g/mol. The molecule has 0 saturated carbocycles. The quantitative estimate of drug-likeness (QED) is 0.746. The molecule has 1 amide bonds. The Morgan fingerprint density at radius 3 is 2.47 bits per heavy atom. The number of alkyl halides is 1. The van der Waals surface area contributed by atoms with E-state index in [0.29, 0.717) is 13.1 Å². The standard InChI is InChI=1S/C12H24FN3O/c1-5-6-16-8-12(13,9-16)7-15(4)11(2,3)10(14)17/h5-9H2,1-4H3,(H2,14,17). The second-order valence-corrected chi connectivity index (χ2v) is 5.64. The molecular weight excluding hydrogens is 221 g/mol. The van der Waals surface area contributed by atoms with E-state index < -0.39 is 17.1 Å². The molecule has 0 aliphatic carbocycles. The predicted octanol–water partition coefficient (Wildman–Crippen LogP) is 0.616. The Morgan fingerprint density at radius 1 is 1.53 bits per heavy atom. The first-order valence-electron chi connectivity index (χ1n) is 6.14. The van der Waals surface area contributed by atoms with Crippen molar-refractivity contribution in [1.29, 1.82) is 0 Å². The van der Waals surface area contributed by atoms with Crippen molar-refractivity contribution in [3.8, 4) is 0 Å².